The fourth-order valence-corrected chi connectivity index (χ4v) is 3.47. The molecule has 2 heterocycles. The van der Waals surface area contributed by atoms with Crippen molar-refractivity contribution in [2.75, 3.05) is 0 Å². The Bertz CT molecular complexity index is 590. The first-order valence-corrected chi connectivity index (χ1v) is 8.07. The quantitative estimate of drug-likeness (QED) is 0.583. The van der Waals surface area contributed by atoms with Crippen molar-refractivity contribution in [1.29, 1.82) is 0 Å². The number of aromatic nitrogens is 3. The molecule has 3 unspecified atom stereocenters. The molecule has 3 nitrogen and oxygen atoms in total. The molecule has 1 aliphatic rings. The van der Waals surface area contributed by atoms with E-state index in [1.165, 1.54) is 32.1 Å². The first-order valence-electron chi connectivity index (χ1n) is 7.63. The van der Waals surface area contributed by atoms with Gasteiger partial charge in [-0.15, -0.1) is 11.6 Å². The second-order valence-corrected chi connectivity index (χ2v) is 6.72. The number of pyridine rings is 1. The average Bonchev–Trinajstić information content (AvgIpc) is 2.70. The van der Waals surface area contributed by atoms with Gasteiger partial charge in [0.2, 0.25) is 0 Å². The van der Waals surface area contributed by atoms with Crippen LogP contribution in [-0.2, 0) is 0 Å². The molecule has 1 saturated carbocycles. The Hall–Kier alpha value is -1.09. The molecule has 2 aromatic rings. The normalized spacial score (nSPS) is 25.6. The predicted molar refractivity (Wildman–Crippen MR) is 83.1 cm³/mol. The zero-order valence-electron chi connectivity index (χ0n) is 12.2. The molecule has 2 aromatic heterocycles. The van der Waals surface area contributed by atoms with E-state index >= 15 is 0 Å². The maximum Gasteiger partial charge on any atom is 0.160 e. The lowest BCUT2D eigenvalue weighted by atomic mass is 10.0. The molecule has 0 spiro atoms. The molecule has 4 heteroatoms. The summed E-state index contributed by atoms with van der Waals surface area (Å²) in [5.74, 6) is 1.81. The van der Waals surface area contributed by atoms with Crippen LogP contribution < -0.4 is 0 Å². The zero-order chi connectivity index (χ0) is 14.1. The lowest BCUT2D eigenvalue weighted by Gasteiger charge is -2.20. The van der Waals surface area contributed by atoms with Crippen molar-refractivity contribution < 1.29 is 0 Å². The van der Waals surface area contributed by atoms with E-state index in [1.54, 1.807) is 0 Å². The summed E-state index contributed by atoms with van der Waals surface area (Å²) in [6, 6.07) is 4.47. The van der Waals surface area contributed by atoms with Crippen LogP contribution >= 0.6 is 11.6 Å². The van der Waals surface area contributed by atoms with Gasteiger partial charge >= 0.3 is 0 Å². The SMILES string of the molecule is CC1CCCC(n2c(C(C)Cl)nc3cccnc32)CC1. The van der Waals surface area contributed by atoms with E-state index in [4.69, 9.17) is 16.6 Å². The van der Waals surface area contributed by atoms with E-state index in [0.717, 1.165) is 22.9 Å². The fraction of sp³-hybridized carbons (Fsp3) is 0.625. The predicted octanol–water partition coefficient (Wildman–Crippen LogP) is 4.87. The average molecular weight is 292 g/mol. The van der Waals surface area contributed by atoms with Crippen LogP contribution in [0.3, 0.4) is 0 Å². The molecule has 1 fully saturated rings. The van der Waals surface area contributed by atoms with Gasteiger partial charge in [-0.3, -0.25) is 0 Å². The van der Waals surface area contributed by atoms with Gasteiger partial charge in [-0.1, -0.05) is 19.8 Å². The van der Waals surface area contributed by atoms with Gasteiger partial charge in [-0.25, -0.2) is 9.97 Å². The topological polar surface area (TPSA) is 30.7 Å². The number of hydrogen-bond acceptors (Lipinski definition) is 2. The minimum atomic E-state index is -0.0788. The molecular formula is C16H22ClN3. The Morgan fingerprint density at radius 2 is 2.15 bits per heavy atom. The highest BCUT2D eigenvalue weighted by Crippen LogP contribution is 2.35. The highest BCUT2D eigenvalue weighted by Gasteiger charge is 2.24. The smallest absolute Gasteiger partial charge is 0.160 e. The molecule has 0 amide bonds. The van der Waals surface area contributed by atoms with Gasteiger partial charge in [0.25, 0.3) is 0 Å². The third-order valence-electron chi connectivity index (χ3n) is 4.42. The molecule has 0 aromatic carbocycles. The third-order valence-corrected chi connectivity index (χ3v) is 4.62. The summed E-state index contributed by atoms with van der Waals surface area (Å²) in [5, 5.41) is -0.0788. The summed E-state index contributed by atoms with van der Waals surface area (Å²) in [7, 11) is 0. The zero-order valence-corrected chi connectivity index (χ0v) is 13.0. The van der Waals surface area contributed by atoms with E-state index in [0.29, 0.717) is 6.04 Å². The van der Waals surface area contributed by atoms with Crippen molar-refractivity contribution >= 4 is 22.8 Å². The molecule has 3 rings (SSSR count). The van der Waals surface area contributed by atoms with Crippen molar-refractivity contribution in [3.63, 3.8) is 0 Å². The molecule has 0 saturated heterocycles. The maximum atomic E-state index is 6.36. The van der Waals surface area contributed by atoms with E-state index in [1.807, 2.05) is 25.3 Å². The van der Waals surface area contributed by atoms with Gasteiger partial charge in [0.1, 0.15) is 11.3 Å². The van der Waals surface area contributed by atoms with Crippen molar-refractivity contribution in [2.45, 2.75) is 57.4 Å². The monoisotopic (exact) mass is 291 g/mol. The van der Waals surface area contributed by atoms with Crippen LogP contribution in [0, 0.1) is 5.92 Å². The Kier molecular flexibility index (Phi) is 3.97. The van der Waals surface area contributed by atoms with Crippen LogP contribution in [0.1, 0.15) is 63.2 Å². The van der Waals surface area contributed by atoms with Gasteiger partial charge in [0.15, 0.2) is 5.65 Å². The van der Waals surface area contributed by atoms with Crippen LogP contribution in [0.25, 0.3) is 11.2 Å². The molecule has 0 aliphatic heterocycles. The highest BCUT2D eigenvalue weighted by atomic mass is 35.5. The molecule has 0 N–H and O–H groups in total. The standard InChI is InChI=1S/C16H22ClN3/c1-11-5-3-6-13(9-8-11)20-15(12(2)17)19-14-7-4-10-18-16(14)20/h4,7,10-13H,3,5-6,8-9H2,1-2H3. The van der Waals surface area contributed by atoms with Crippen molar-refractivity contribution in [3.05, 3.63) is 24.2 Å². The van der Waals surface area contributed by atoms with E-state index in [9.17, 15) is 0 Å². The summed E-state index contributed by atoms with van der Waals surface area (Å²) in [6.45, 7) is 4.36. The Labute approximate surface area is 125 Å². The molecule has 1 aliphatic carbocycles. The van der Waals surface area contributed by atoms with Crippen molar-refractivity contribution in [2.24, 2.45) is 5.92 Å². The first-order chi connectivity index (χ1) is 9.66. The van der Waals surface area contributed by atoms with Crippen LogP contribution in [0.5, 0.6) is 0 Å². The third kappa shape index (κ3) is 2.56. The molecular weight excluding hydrogens is 270 g/mol. The van der Waals surface area contributed by atoms with Gasteiger partial charge in [0.05, 0.1) is 5.38 Å². The van der Waals surface area contributed by atoms with Crippen LogP contribution in [0.2, 0.25) is 0 Å². The number of halogens is 1. The van der Waals surface area contributed by atoms with Crippen LogP contribution in [0.15, 0.2) is 18.3 Å². The number of imidazole rings is 1. The summed E-state index contributed by atoms with van der Waals surface area (Å²) in [5.41, 5.74) is 1.96. The molecule has 0 radical (unpaired) electrons. The minimum absolute atomic E-state index is 0.0788. The lowest BCUT2D eigenvalue weighted by Crippen LogP contribution is -2.13. The number of hydrogen-bond donors (Lipinski definition) is 0. The van der Waals surface area contributed by atoms with Crippen molar-refractivity contribution in [3.8, 4) is 0 Å². The lowest BCUT2D eigenvalue weighted by molar-refractivity contribution is 0.428. The van der Waals surface area contributed by atoms with Crippen LogP contribution in [-0.4, -0.2) is 14.5 Å². The second-order valence-electron chi connectivity index (χ2n) is 6.07. The Morgan fingerprint density at radius 1 is 1.30 bits per heavy atom. The second kappa shape index (κ2) is 5.72. The maximum absolute atomic E-state index is 6.36. The van der Waals surface area contributed by atoms with Gasteiger partial charge < -0.3 is 4.57 Å². The van der Waals surface area contributed by atoms with Crippen molar-refractivity contribution in [1.82, 2.24) is 14.5 Å². The molecule has 3 atom stereocenters. The first kappa shape index (κ1) is 13.9. The number of rotatable bonds is 2. The minimum Gasteiger partial charge on any atom is -0.308 e. The molecule has 108 valence electrons. The summed E-state index contributed by atoms with van der Waals surface area (Å²) in [6.07, 6.45) is 8.18. The number of nitrogens with zero attached hydrogens (tertiary/aromatic N) is 3. The summed E-state index contributed by atoms with van der Waals surface area (Å²) < 4.78 is 2.31. The largest absolute Gasteiger partial charge is 0.308 e. The Balaban J connectivity index is 2.06. The molecule has 20 heavy (non-hydrogen) atoms. The van der Waals surface area contributed by atoms with Gasteiger partial charge in [0, 0.05) is 12.2 Å². The van der Waals surface area contributed by atoms with Gasteiger partial charge in [-0.05, 0) is 44.2 Å². The molecule has 0 bridgehead atoms. The van der Waals surface area contributed by atoms with E-state index < -0.39 is 0 Å². The number of fused-ring (bicyclic) bond motifs is 1. The van der Waals surface area contributed by atoms with Gasteiger partial charge in [-0.2, -0.15) is 0 Å². The van der Waals surface area contributed by atoms with E-state index in [-0.39, 0.29) is 5.38 Å². The summed E-state index contributed by atoms with van der Waals surface area (Å²) in [4.78, 5) is 9.26. The van der Waals surface area contributed by atoms with E-state index in [2.05, 4.69) is 16.5 Å². The Morgan fingerprint density at radius 3 is 2.95 bits per heavy atom. The number of alkyl halides is 1. The highest BCUT2D eigenvalue weighted by molar-refractivity contribution is 6.20. The van der Waals surface area contributed by atoms with Crippen LogP contribution in [0.4, 0.5) is 0 Å². The summed E-state index contributed by atoms with van der Waals surface area (Å²) >= 11 is 6.36. The fourth-order valence-electron chi connectivity index (χ4n) is 3.31.